The van der Waals surface area contributed by atoms with Crippen LogP contribution in [0.4, 0.5) is 0 Å². The number of thioether (sulfide) groups is 2. The number of allylic oxidation sites excluding steroid dienone is 1. The van der Waals surface area contributed by atoms with Crippen LogP contribution in [0.2, 0.25) is 0 Å². The van der Waals surface area contributed by atoms with Gasteiger partial charge in [-0.05, 0) is 55.1 Å². The molecule has 2 aliphatic carbocycles. The number of thiocarbonyl (C=S) groups is 1. The molecule has 0 unspecified atom stereocenters. The maximum absolute atomic E-state index is 9.94. The summed E-state index contributed by atoms with van der Waals surface area (Å²) in [5.41, 5.74) is 3.68. The molecule has 1 spiro atoms. The molecule has 1 saturated carbocycles. The highest BCUT2D eigenvalue weighted by molar-refractivity contribution is 8.23. The van der Waals surface area contributed by atoms with Gasteiger partial charge in [0.2, 0.25) is 0 Å². The molecule has 1 saturated heterocycles. The number of amidine groups is 1. The lowest BCUT2D eigenvalue weighted by atomic mass is 9.75. The minimum absolute atomic E-state index is 0.302. The van der Waals surface area contributed by atoms with E-state index in [2.05, 4.69) is 17.2 Å². The highest BCUT2D eigenvalue weighted by atomic mass is 32.2. The van der Waals surface area contributed by atoms with Gasteiger partial charge in [0.1, 0.15) is 10.1 Å². The number of aromatic hydroxyl groups is 1. The molecule has 3 nitrogen and oxygen atoms in total. The first-order valence-corrected chi connectivity index (χ1v) is 12.3. The Balaban J connectivity index is 1.65. The average Bonchev–Trinajstić information content (AvgIpc) is 2.70. The molecule has 1 heterocycles. The molecule has 6 heteroatoms. The summed E-state index contributed by atoms with van der Waals surface area (Å²) in [7, 11) is 0. The van der Waals surface area contributed by atoms with Gasteiger partial charge in [-0.15, -0.1) is 0 Å². The van der Waals surface area contributed by atoms with Gasteiger partial charge in [-0.1, -0.05) is 67.1 Å². The zero-order chi connectivity index (χ0) is 18.9. The van der Waals surface area contributed by atoms with Crippen LogP contribution in [0.1, 0.15) is 49.7 Å². The lowest BCUT2D eigenvalue weighted by Crippen LogP contribution is -2.48. The Kier molecular flexibility index (Phi) is 5.86. The fraction of sp³-hybridized carbons (Fsp3) is 0.524. The first-order valence-electron chi connectivity index (χ1n) is 9.70. The van der Waals surface area contributed by atoms with Gasteiger partial charge in [0.15, 0.2) is 5.17 Å². The Bertz CT molecular complexity index is 797. The van der Waals surface area contributed by atoms with Crippen molar-refractivity contribution in [3.63, 3.8) is 0 Å². The van der Waals surface area contributed by atoms with Crippen LogP contribution < -0.4 is 0 Å². The van der Waals surface area contributed by atoms with Crippen LogP contribution in [0.25, 0.3) is 5.70 Å². The van der Waals surface area contributed by atoms with Gasteiger partial charge in [-0.2, -0.15) is 0 Å². The van der Waals surface area contributed by atoms with Gasteiger partial charge in [0.05, 0.1) is 5.70 Å². The normalized spacial score (nSPS) is 23.2. The second-order valence-electron chi connectivity index (χ2n) is 7.77. The third kappa shape index (κ3) is 4.08. The van der Waals surface area contributed by atoms with Crippen molar-refractivity contribution in [2.45, 2.75) is 44.9 Å². The van der Waals surface area contributed by atoms with Crippen LogP contribution in [0.15, 0.2) is 29.3 Å². The van der Waals surface area contributed by atoms with Crippen molar-refractivity contribution in [2.75, 3.05) is 18.6 Å². The minimum atomic E-state index is 0.302. The van der Waals surface area contributed by atoms with Crippen LogP contribution in [0.3, 0.4) is 0 Å². The van der Waals surface area contributed by atoms with Crippen molar-refractivity contribution in [3.05, 3.63) is 35.4 Å². The fourth-order valence-electron chi connectivity index (χ4n) is 4.40. The lowest BCUT2D eigenvalue weighted by molar-refractivity contribution is 0.194. The average molecular weight is 419 g/mol. The topological polar surface area (TPSA) is 35.8 Å². The number of aryl methyl sites for hydroxylation is 1. The number of rotatable bonds is 1. The second kappa shape index (κ2) is 8.18. The quantitative estimate of drug-likeness (QED) is 0.594. The summed E-state index contributed by atoms with van der Waals surface area (Å²) in [4.78, 5) is 7.34. The predicted octanol–water partition coefficient (Wildman–Crippen LogP) is 5.68. The highest BCUT2D eigenvalue weighted by Crippen LogP contribution is 2.44. The van der Waals surface area contributed by atoms with Gasteiger partial charge in [-0.3, -0.25) is 0 Å². The molecule has 144 valence electrons. The summed E-state index contributed by atoms with van der Waals surface area (Å²) in [6.45, 7) is 0.999. The molecule has 1 aromatic rings. The summed E-state index contributed by atoms with van der Waals surface area (Å²) < 4.78 is 0.915. The van der Waals surface area contributed by atoms with Crippen molar-refractivity contribution in [2.24, 2.45) is 10.4 Å². The third-order valence-electron chi connectivity index (χ3n) is 5.88. The predicted molar refractivity (Wildman–Crippen MR) is 123 cm³/mol. The molecule has 4 rings (SSSR count). The zero-order valence-electron chi connectivity index (χ0n) is 15.7. The maximum Gasteiger partial charge on any atom is 0.169 e. The van der Waals surface area contributed by atoms with Crippen molar-refractivity contribution in [1.82, 2.24) is 4.90 Å². The van der Waals surface area contributed by atoms with Gasteiger partial charge in [0, 0.05) is 17.9 Å². The lowest BCUT2D eigenvalue weighted by Gasteiger charge is -2.45. The smallest absolute Gasteiger partial charge is 0.169 e. The van der Waals surface area contributed by atoms with Gasteiger partial charge in [0.25, 0.3) is 0 Å². The van der Waals surface area contributed by atoms with Crippen LogP contribution in [0, 0.1) is 5.41 Å². The standard InChI is InChI=1S/C21H26N2OS3/c1-26-20(25)23-13-21(10-3-2-4-11-21)14-27-19(23)22-18-7-5-6-15-8-9-16(24)12-17(15)18/h7-9,12,24H,2-6,10-11,13-14H2,1H3. The maximum atomic E-state index is 9.94. The third-order valence-corrected chi connectivity index (χ3v) is 8.49. The first-order chi connectivity index (χ1) is 13.1. The molecule has 1 aliphatic heterocycles. The molecule has 0 radical (unpaired) electrons. The molecule has 1 N–H and O–H groups in total. The molecule has 1 aromatic carbocycles. The van der Waals surface area contributed by atoms with E-state index in [1.54, 1.807) is 17.8 Å². The van der Waals surface area contributed by atoms with E-state index >= 15 is 0 Å². The molecular weight excluding hydrogens is 392 g/mol. The monoisotopic (exact) mass is 418 g/mol. The Labute approximate surface area is 175 Å². The summed E-state index contributed by atoms with van der Waals surface area (Å²) in [5, 5.41) is 11.0. The van der Waals surface area contributed by atoms with E-state index in [1.807, 2.05) is 23.9 Å². The number of aliphatic imine (C=N–C) groups is 1. The van der Waals surface area contributed by atoms with E-state index in [1.165, 1.54) is 37.7 Å². The van der Waals surface area contributed by atoms with E-state index < -0.39 is 0 Å². The number of benzene rings is 1. The number of phenolic OH excluding ortho intramolecular Hbond substituents is 1. The number of hydrogen-bond donors (Lipinski definition) is 1. The van der Waals surface area contributed by atoms with Crippen LogP contribution >= 0.6 is 35.7 Å². The van der Waals surface area contributed by atoms with Crippen LogP contribution in [-0.2, 0) is 6.42 Å². The number of phenols is 1. The first kappa shape index (κ1) is 19.3. The van der Waals surface area contributed by atoms with Gasteiger partial charge in [-0.25, -0.2) is 4.99 Å². The summed E-state index contributed by atoms with van der Waals surface area (Å²) in [6, 6.07) is 5.64. The minimum Gasteiger partial charge on any atom is -0.508 e. The van der Waals surface area contributed by atoms with E-state index in [0.29, 0.717) is 11.2 Å². The molecular formula is C21H26N2OS3. The van der Waals surface area contributed by atoms with Crippen LogP contribution in [-0.4, -0.2) is 38.0 Å². The van der Waals surface area contributed by atoms with E-state index in [0.717, 1.165) is 45.9 Å². The molecule has 27 heavy (non-hydrogen) atoms. The van der Waals surface area contributed by atoms with Gasteiger partial charge < -0.3 is 10.0 Å². The summed E-state index contributed by atoms with van der Waals surface area (Å²) >= 11 is 9.21. The van der Waals surface area contributed by atoms with E-state index in [4.69, 9.17) is 17.2 Å². The highest BCUT2D eigenvalue weighted by Gasteiger charge is 2.40. The van der Waals surface area contributed by atoms with Gasteiger partial charge >= 0.3 is 0 Å². The SMILES string of the molecule is CSC(=S)N1CC2(CCCCC2)CSC1=NC1=CCCc2ccc(O)cc21. The Morgan fingerprint density at radius 2 is 2.11 bits per heavy atom. The van der Waals surface area contributed by atoms with Crippen molar-refractivity contribution >= 4 is 50.9 Å². The zero-order valence-corrected chi connectivity index (χ0v) is 18.2. The fourth-order valence-corrected chi connectivity index (χ4v) is 6.33. The largest absolute Gasteiger partial charge is 0.508 e. The van der Waals surface area contributed by atoms with Crippen molar-refractivity contribution in [3.8, 4) is 5.75 Å². The summed E-state index contributed by atoms with van der Waals surface area (Å²) in [5.74, 6) is 1.44. The van der Waals surface area contributed by atoms with Crippen LogP contribution in [0.5, 0.6) is 5.75 Å². The van der Waals surface area contributed by atoms with E-state index in [9.17, 15) is 5.11 Å². The Morgan fingerprint density at radius 3 is 2.89 bits per heavy atom. The Hall–Kier alpha value is -0.980. The number of nitrogens with zero attached hydrogens (tertiary/aromatic N) is 2. The molecule has 3 aliphatic rings. The molecule has 0 amide bonds. The number of fused-ring (bicyclic) bond motifs is 1. The molecule has 0 bridgehead atoms. The number of hydrogen-bond acceptors (Lipinski definition) is 5. The molecule has 0 atom stereocenters. The molecule has 0 aromatic heterocycles. The summed E-state index contributed by atoms with van der Waals surface area (Å²) in [6.07, 6.45) is 12.9. The van der Waals surface area contributed by atoms with Crippen molar-refractivity contribution < 1.29 is 5.11 Å². The van der Waals surface area contributed by atoms with E-state index in [-0.39, 0.29) is 0 Å². The Morgan fingerprint density at radius 1 is 1.30 bits per heavy atom. The second-order valence-corrected chi connectivity index (χ2v) is 10.2. The van der Waals surface area contributed by atoms with Crippen molar-refractivity contribution in [1.29, 1.82) is 0 Å². The molecule has 2 fully saturated rings.